The summed E-state index contributed by atoms with van der Waals surface area (Å²) in [5.74, 6) is -0.932. The van der Waals surface area contributed by atoms with Gasteiger partial charge in [0.05, 0.1) is 17.9 Å². The van der Waals surface area contributed by atoms with Gasteiger partial charge in [-0.25, -0.2) is 4.79 Å². The molecule has 0 unspecified atom stereocenters. The second-order valence-corrected chi connectivity index (χ2v) is 4.89. The number of carbonyl (C=O) groups is 1. The predicted molar refractivity (Wildman–Crippen MR) is 75.2 cm³/mol. The molecule has 0 atom stereocenters. The molecule has 0 radical (unpaired) electrons. The minimum atomic E-state index is -0.932. The Kier molecular flexibility index (Phi) is 4.45. The Bertz CT molecular complexity index is 513. The number of carboxylic acid groups (broad SMARTS) is 1. The highest BCUT2D eigenvalue weighted by Crippen LogP contribution is 2.27. The Morgan fingerprint density at radius 2 is 2.32 bits per heavy atom. The summed E-state index contributed by atoms with van der Waals surface area (Å²) in [4.78, 5) is 13.3. The Morgan fingerprint density at radius 1 is 1.53 bits per heavy atom. The fourth-order valence-corrected chi connectivity index (χ4v) is 2.36. The van der Waals surface area contributed by atoms with Crippen LogP contribution in [0.4, 0.5) is 5.69 Å². The molecule has 1 aromatic carbocycles. The molecule has 1 aliphatic heterocycles. The number of anilines is 1. The van der Waals surface area contributed by atoms with Gasteiger partial charge in [0.25, 0.3) is 0 Å². The molecule has 0 bridgehead atoms. The summed E-state index contributed by atoms with van der Waals surface area (Å²) in [7, 11) is 1.67. The van der Waals surface area contributed by atoms with Crippen LogP contribution in [0.15, 0.2) is 29.8 Å². The van der Waals surface area contributed by atoms with Crippen LogP contribution in [0.3, 0.4) is 0 Å². The summed E-state index contributed by atoms with van der Waals surface area (Å²) >= 11 is 5.96. The Morgan fingerprint density at radius 3 is 2.89 bits per heavy atom. The zero-order chi connectivity index (χ0) is 13.8. The smallest absolute Gasteiger partial charge is 0.337 e. The van der Waals surface area contributed by atoms with Crippen molar-refractivity contribution in [3.05, 3.63) is 40.4 Å². The molecule has 0 saturated heterocycles. The van der Waals surface area contributed by atoms with Gasteiger partial charge in [-0.3, -0.25) is 0 Å². The third-order valence-corrected chi connectivity index (χ3v) is 3.40. The van der Waals surface area contributed by atoms with Crippen LogP contribution in [0.5, 0.6) is 0 Å². The van der Waals surface area contributed by atoms with E-state index in [2.05, 4.69) is 6.08 Å². The maximum Gasteiger partial charge on any atom is 0.337 e. The molecule has 1 aliphatic rings. The van der Waals surface area contributed by atoms with E-state index in [0.29, 0.717) is 23.9 Å². The quantitative estimate of drug-likeness (QED) is 0.862. The van der Waals surface area contributed by atoms with Gasteiger partial charge in [0.1, 0.15) is 0 Å². The number of rotatable bonds is 4. The summed E-state index contributed by atoms with van der Waals surface area (Å²) in [5.41, 5.74) is 2.21. The predicted octanol–water partition coefficient (Wildman–Crippen LogP) is 2.82. The number of benzene rings is 1. The van der Waals surface area contributed by atoms with Gasteiger partial charge >= 0.3 is 5.97 Å². The first-order chi connectivity index (χ1) is 9.11. The number of halogens is 1. The van der Waals surface area contributed by atoms with Crippen LogP contribution in [0, 0.1) is 0 Å². The Hall–Kier alpha value is -1.52. The number of aromatic carboxylic acids is 1. The second-order valence-electron chi connectivity index (χ2n) is 4.46. The largest absolute Gasteiger partial charge is 0.478 e. The highest BCUT2D eigenvalue weighted by Gasteiger charge is 2.18. The van der Waals surface area contributed by atoms with E-state index in [9.17, 15) is 9.90 Å². The molecule has 0 saturated carbocycles. The monoisotopic (exact) mass is 281 g/mol. The summed E-state index contributed by atoms with van der Waals surface area (Å²) in [5, 5.41) is 9.77. The zero-order valence-corrected chi connectivity index (χ0v) is 11.5. The third-order valence-electron chi connectivity index (χ3n) is 3.16. The van der Waals surface area contributed by atoms with Crippen molar-refractivity contribution in [2.24, 2.45) is 0 Å². The summed E-state index contributed by atoms with van der Waals surface area (Å²) in [6.07, 6.45) is 2.96. The average Bonchev–Trinajstić information content (AvgIpc) is 2.39. The van der Waals surface area contributed by atoms with E-state index in [1.54, 1.807) is 25.3 Å². The molecule has 1 N–H and O–H groups in total. The number of carboxylic acids is 1. The molecule has 0 amide bonds. The van der Waals surface area contributed by atoms with Crippen LogP contribution < -0.4 is 4.90 Å². The lowest BCUT2D eigenvalue weighted by atomic mass is 10.1. The number of hydrogen-bond acceptors (Lipinski definition) is 3. The lowest BCUT2D eigenvalue weighted by molar-refractivity contribution is 0.0697. The SMILES string of the molecule is COCC1=CCN(c2cc(Cl)ccc2C(=O)O)CC1. The molecule has 0 aromatic heterocycles. The number of methoxy groups -OCH3 is 1. The van der Waals surface area contributed by atoms with Crippen LogP contribution in [-0.4, -0.2) is 37.9 Å². The van der Waals surface area contributed by atoms with E-state index in [-0.39, 0.29) is 5.56 Å². The first kappa shape index (κ1) is 13.9. The topological polar surface area (TPSA) is 49.8 Å². The van der Waals surface area contributed by atoms with Crippen molar-refractivity contribution in [1.82, 2.24) is 0 Å². The second kappa shape index (κ2) is 6.08. The maximum atomic E-state index is 11.2. The molecule has 19 heavy (non-hydrogen) atoms. The van der Waals surface area contributed by atoms with Gasteiger partial charge in [-0.2, -0.15) is 0 Å². The van der Waals surface area contributed by atoms with Crippen molar-refractivity contribution in [3.8, 4) is 0 Å². The van der Waals surface area contributed by atoms with Gasteiger partial charge < -0.3 is 14.7 Å². The number of hydrogen-bond donors (Lipinski definition) is 1. The van der Waals surface area contributed by atoms with E-state index in [4.69, 9.17) is 16.3 Å². The molecular weight excluding hydrogens is 266 g/mol. The number of nitrogens with zero attached hydrogens (tertiary/aromatic N) is 1. The fourth-order valence-electron chi connectivity index (χ4n) is 2.19. The number of ether oxygens (including phenoxy) is 1. The summed E-state index contributed by atoms with van der Waals surface area (Å²) in [6.45, 7) is 2.09. The maximum absolute atomic E-state index is 11.2. The van der Waals surface area contributed by atoms with Crippen molar-refractivity contribution in [1.29, 1.82) is 0 Å². The standard InChI is InChI=1S/C14H16ClNO3/c1-19-9-10-4-6-16(7-5-10)13-8-11(15)2-3-12(13)14(17)18/h2-4,8H,5-7,9H2,1H3,(H,17,18). The van der Waals surface area contributed by atoms with Crippen LogP contribution in [0.2, 0.25) is 5.02 Å². The minimum Gasteiger partial charge on any atom is -0.478 e. The molecule has 5 heteroatoms. The van der Waals surface area contributed by atoms with Crippen molar-refractivity contribution in [3.63, 3.8) is 0 Å². The minimum absolute atomic E-state index is 0.285. The highest BCUT2D eigenvalue weighted by molar-refractivity contribution is 6.31. The summed E-state index contributed by atoms with van der Waals surface area (Å²) in [6, 6.07) is 4.86. The van der Waals surface area contributed by atoms with E-state index < -0.39 is 5.97 Å². The first-order valence-electron chi connectivity index (χ1n) is 6.06. The molecule has 1 heterocycles. The van der Waals surface area contributed by atoms with Crippen LogP contribution >= 0.6 is 11.6 Å². The molecule has 1 aromatic rings. The van der Waals surface area contributed by atoms with E-state index in [1.807, 2.05) is 4.90 Å². The molecule has 2 rings (SSSR count). The molecule has 102 valence electrons. The fraction of sp³-hybridized carbons (Fsp3) is 0.357. The van der Waals surface area contributed by atoms with Crippen LogP contribution in [0.1, 0.15) is 16.8 Å². The third kappa shape index (κ3) is 3.28. The van der Waals surface area contributed by atoms with Gasteiger partial charge in [0.15, 0.2) is 0 Å². The molecular formula is C14H16ClNO3. The average molecular weight is 282 g/mol. The van der Waals surface area contributed by atoms with Gasteiger partial charge in [-0.15, -0.1) is 0 Å². The van der Waals surface area contributed by atoms with E-state index in [0.717, 1.165) is 13.0 Å². The molecule has 0 aliphatic carbocycles. The van der Waals surface area contributed by atoms with Crippen molar-refractivity contribution >= 4 is 23.3 Å². The molecule has 4 nitrogen and oxygen atoms in total. The highest BCUT2D eigenvalue weighted by atomic mass is 35.5. The van der Waals surface area contributed by atoms with Crippen LogP contribution in [-0.2, 0) is 4.74 Å². The van der Waals surface area contributed by atoms with E-state index in [1.165, 1.54) is 5.57 Å². The lowest BCUT2D eigenvalue weighted by Gasteiger charge is -2.29. The van der Waals surface area contributed by atoms with Crippen molar-refractivity contribution < 1.29 is 14.6 Å². The first-order valence-corrected chi connectivity index (χ1v) is 6.44. The zero-order valence-electron chi connectivity index (χ0n) is 10.7. The van der Waals surface area contributed by atoms with Crippen molar-refractivity contribution in [2.75, 3.05) is 31.7 Å². The Balaban J connectivity index is 2.23. The Labute approximate surface area is 117 Å². The van der Waals surface area contributed by atoms with E-state index >= 15 is 0 Å². The van der Waals surface area contributed by atoms with Gasteiger partial charge in [-0.1, -0.05) is 17.7 Å². The lowest BCUT2D eigenvalue weighted by Crippen LogP contribution is -2.30. The molecule has 0 fully saturated rings. The summed E-state index contributed by atoms with van der Waals surface area (Å²) < 4.78 is 5.10. The van der Waals surface area contributed by atoms with Gasteiger partial charge in [0.2, 0.25) is 0 Å². The van der Waals surface area contributed by atoms with Crippen LogP contribution in [0.25, 0.3) is 0 Å². The molecule has 0 spiro atoms. The normalized spacial score (nSPS) is 15.3. The van der Waals surface area contributed by atoms with Gasteiger partial charge in [0, 0.05) is 25.2 Å². The van der Waals surface area contributed by atoms with Gasteiger partial charge in [-0.05, 0) is 30.2 Å². The van der Waals surface area contributed by atoms with Crippen molar-refractivity contribution in [2.45, 2.75) is 6.42 Å².